The van der Waals surface area contributed by atoms with Gasteiger partial charge in [-0.15, -0.1) is 11.8 Å². The largest absolute Gasteiger partial charge is 0.274 e. The molecule has 15 heavy (non-hydrogen) atoms. The summed E-state index contributed by atoms with van der Waals surface area (Å²) in [5, 5.41) is 0.659. The van der Waals surface area contributed by atoms with Crippen LogP contribution in [0.1, 0.15) is 6.92 Å². The summed E-state index contributed by atoms with van der Waals surface area (Å²) in [5.74, 6) is 0.130. The van der Waals surface area contributed by atoms with Crippen molar-refractivity contribution in [3.05, 3.63) is 29.3 Å². The van der Waals surface area contributed by atoms with Crippen molar-refractivity contribution in [3.63, 3.8) is 0 Å². The van der Waals surface area contributed by atoms with Crippen LogP contribution in [0.2, 0.25) is 5.02 Å². The second-order valence-corrected chi connectivity index (χ2v) is 4.10. The van der Waals surface area contributed by atoms with E-state index >= 15 is 0 Å². The first-order valence-electron chi connectivity index (χ1n) is 4.52. The first kappa shape index (κ1) is 12.4. The molecule has 1 aromatic carbocycles. The van der Waals surface area contributed by atoms with Gasteiger partial charge in [-0.25, -0.2) is 5.48 Å². The van der Waals surface area contributed by atoms with Crippen molar-refractivity contribution in [3.8, 4) is 0 Å². The minimum Gasteiger partial charge on any atom is -0.274 e. The molecule has 0 spiro atoms. The van der Waals surface area contributed by atoms with Gasteiger partial charge in [0.15, 0.2) is 0 Å². The van der Waals surface area contributed by atoms with Gasteiger partial charge in [0.25, 0.3) is 5.91 Å². The lowest BCUT2D eigenvalue weighted by Crippen LogP contribution is -2.25. The molecule has 0 atom stereocenters. The molecule has 0 saturated carbocycles. The van der Waals surface area contributed by atoms with E-state index in [0.29, 0.717) is 17.4 Å². The zero-order valence-electron chi connectivity index (χ0n) is 8.33. The molecule has 0 aliphatic rings. The van der Waals surface area contributed by atoms with Gasteiger partial charge in [0.05, 0.1) is 17.4 Å². The quantitative estimate of drug-likeness (QED) is 0.640. The van der Waals surface area contributed by atoms with Crippen LogP contribution in [0.4, 0.5) is 0 Å². The average molecular weight is 246 g/mol. The molecule has 0 fully saturated rings. The fraction of sp³-hybridized carbons (Fsp3) is 0.300. The zero-order valence-corrected chi connectivity index (χ0v) is 9.90. The molecule has 1 rings (SSSR count). The van der Waals surface area contributed by atoms with Gasteiger partial charge in [-0.05, 0) is 19.1 Å². The van der Waals surface area contributed by atoms with Crippen molar-refractivity contribution in [1.82, 2.24) is 5.48 Å². The number of halogens is 1. The van der Waals surface area contributed by atoms with Crippen LogP contribution >= 0.6 is 23.4 Å². The fourth-order valence-corrected chi connectivity index (χ4v) is 1.91. The first-order chi connectivity index (χ1) is 7.24. The van der Waals surface area contributed by atoms with E-state index in [4.69, 9.17) is 16.4 Å². The number of hydroxylamine groups is 1. The molecule has 0 radical (unpaired) electrons. The van der Waals surface area contributed by atoms with Crippen molar-refractivity contribution < 1.29 is 9.63 Å². The smallest absolute Gasteiger partial charge is 0.253 e. The molecule has 0 unspecified atom stereocenters. The number of benzene rings is 1. The Hall–Kier alpha value is -0.710. The second kappa shape index (κ2) is 6.71. The third-order valence-corrected chi connectivity index (χ3v) is 3.04. The summed E-state index contributed by atoms with van der Waals surface area (Å²) in [6, 6.07) is 7.41. The van der Waals surface area contributed by atoms with Crippen molar-refractivity contribution in [2.75, 3.05) is 12.4 Å². The van der Waals surface area contributed by atoms with E-state index in [9.17, 15) is 4.79 Å². The third kappa shape index (κ3) is 4.55. The molecule has 0 aromatic heterocycles. The Bertz CT molecular complexity index is 333. The molecule has 0 aliphatic carbocycles. The van der Waals surface area contributed by atoms with Crippen molar-refractivity contribution in [1.29, 1.82) is 0 Å². The number of carbonyl (C=O) groups excluding carboxylic acids is 1. The Balaban J connectivity index is 2.37. The van der Waals surface area contributed by atoms with Gasteiger partial charge in [-0.2, -0.15) is 0 Å². The maximum absolute atomic E-state index is 11.2. The normalized spacial score (nSPS) is 10.0. The third-order valence-electron chi connectivity index (χ3n) is 1.53. The molecule has 1 N–H and O–H groups in total. The maximum atomic E-state index is 11.2. The van der Waals surface area contributed by atoms with Gasteiger partial charge < -0.3 is 0 Å². The van der Waals surface area contributed by atoms with Crippen LogP contribution in [0.5, 0.6) is 0 Å². The number of hydrogen-bond donors (Lipinski definition) is 1. The van der Waals surface area contributed by atoms with Crippen molar-refractivity contribution >= 4 is 29.3 Å². The number of nitrogens with one attached hydrogen (secondary N) is 1. The number of rotatable bonds is 5. The number of carbonyl (C=O) groups is 1. The summed E-state index contributed by atoms with van der Waals surface area (Å²) in [4.78, 5) is 16.8. The van der Waals surface area contributed by atoms with Gasteiger partial charge in [0, 0.05) is 4.90 Å². The van der Waals surface area contributed by atoms with Gasteiger partial charge in [-0.3, -0.25) is 9.63 Å². The number of amides is 1. The van der Waals surface area contributed by atoms with Crippen LogP contribution < -0.4 is 5.48 Å². The Kier molecular flexibility index (Phi) is 5.53. The predicted molar refractivity (Wildman–Crippen MR) is 61.9 cm³/mol. The van der Waals surface area contributed by atoms with Crippen LogP contribution in [-0.4, -0.2) is 18.3 Å². The second-order valence-electron chi connectivity index (χ2n) is 2.68. The molecular formula is C10H12ClNO2S. The lowest BCUT2D eigenvalue weighted by atomic mass is 10.4. The Morgan fingerprint density at radius 1 is 1.53 bits per heavy atom. The van der Waals surface area contributed by atoms with Gasteiger partial charge in [0.1, 0.15) is 0 Å². The number of thioether (sulfide) groups is 1. The molecule has 0 heterocycles. The van der Waals surface area contributed by atoms with Crippen molar-refractivity contribution in [2.24, 2.45) is 0 Å². The van der Waals surface area contributed by atoms with Crippen LogP contribution in [0, 0.1) is 0 Å². The molecule has 1 amide bonds. The van der Waals surface area contributed by atoms with E-state index in [1.165, 1.54) is 11.8 Å². The summed E-state index contributed by atoms with van der Waals surface area (Å²) in [7, 11) is 0. The Labute approximate surface area is 98.1 Å². The summed E-state index contributed by atoms with van der Waals surface area (Å²) in [6.45, 7) is 2.27. The van der Waals surface area contributed by atoms with E-state index in [2.05, 4.69) is 5.48 Å². The molecule has 0 aliphatic heterocycles. The lowest BCUT2D eigenvalue weighted by molar-refractivity contribution is -0.130. The van der Waals surface area contributed by atoms with E-state index in [0.717, 1.165) is 4.90 Å². The summed E-state index contributed by atoms with van der Waals surface area (Å²) >= 11 is 7.31. The molecule has 5 heteroatoms. The van der Waals surface area contributed by atoms with Gasteiger partial charge in [-0.1, -0.05) is 23.7 Å². The summed E-state index contributed by atoms with van der Waals surface area (Å²) in [6.07, 6.45) is 0. The number of hydrogen-bond acceptors (Lipinski definition) is 3. The minimum atomic E-state index is -0.165. The monoisotopic (exact) mass is 245 g/mol. The molecule has 0 bridgehead atoms. The highest BCUT2D eigenvalue weighted by Gasteiger charge is 2.04. The first-order valence-corrected chi connectivity index (χ1v) is 5.88. The van der Waals surface area contributed by atoms with E-state index in [1.54, 1.807) is 6.07 Å². The van der Waals surface area contributed by atoms with Gasteiger partial charge in [0.2, 0.25) is 0 Å². The highest BCUT2D eigenvalue weighted by Crippen LogP contribution is 2.26. The maximum Gasteiger partial charge on any atom is 0.253 e. The SMILES string of the molecule is CCONC(=O)CSc1ccccc1Cl. The molecule has 3 nitrogen and oxygen atoms in total. The molecule has 82 valence electrons. The minimum absolute atomic E-state index is 0.165. The van der Waals surface area contributed by atoms with E-state index in [-0.39, 0.29) is 5.91 Å². The Morgan fingerprint density at radius 2 is 2.27 bits per heavy atom. The lowest BCUT2D eigenvalue weighted by Gasteiger charge is -2.04. The van der Waals surface area contributed by atoms with Crippen LogP contribution in [0.3, 0.4) is 0 Å². The summed E-state index contributed by atoms with van der Waals surface area (Å²) in [5.41, 5.74) is 2.32. The van der Waals surface area contributed by atoms with Crippen LogP contribution in [0.25, 0.3) is 0 Å². The van der Waals surface area contributed by atoms with Crippen LogP contribution in [0.15, 0.2) is 29.2 Å². The van der Waals surface area contributed by atoms with Crippen LogP contribution in [-0.2, 0) is 9.63 Å². The highest BCUT2D eigenvalue weighted by atomic mass is 35.5. The average Bonchev–Trinajstić information content (AvgIpc) is 2.25. The van der Waals surface area contributed by atoms with E-state index in [1.807, 2.05) is 25.1 Å². The van der Waals surface area contributed by atoms with Gasteiger partial charge >= 0.3 is 0 Å². The zero-order chi connectivity index (χ0) is 11.1. The standard InChI is InChI=1S/C10H12ClNO2S/c1-2-14-12-10(13)7-15-9-6-4-3-5-8(9)11/h3-6H,2,7H2,1H3,(H,12,13). The fourth-order valence-electron chi connectivity index (χ4n) is 0.887. The highest BCUT2D eigenvalue weighted by molar-refractivity contribution is 8.00. The summed E-state index contributed by atoms with van der Waals surface area (Å²) < 4.78 is 0. The van der Waals surface area contributed by atoms with Crippen molar-refractivity contribution in [2.45, 2.75) is 11.8 Å². The van der Waals surface area contributed by atoms with E-state index < -0.39 is 0 Å². The Morgan fingerprint density at radius 3 is 2.93 bits per heavy atom. The molecule has 1 aromatic rings. The molecule has 0 saturated heterocycles. The molecular weight excluding hydrogens is 234 g/mol. The predicted octanol–water partition coefficient (Wildman–Crippen LogP) is 2.50. The topological polar surface area (TPSA) is 38.3 Å².